The van der Waals surface area contributed by atoms with E-state index in [1.165, 1.54) is 30.3 Å². The van der Waals surface area contributed by atoms with Gasteiger partial charge in [0.1, 0.15) is 6.54 Å². The van der Waals surface area contributed by atoms with Crippen LogP contribution in [0, 0.1) is 24.0 Å². The van der Waals surface area contributed by atoms with Crippen molar-refractivity contribution in [1.82, 2.24) is 24.2 Å². The number of rotatable bonds is 4. The number of imidazole rings is 1. The van der Waals surface area contributed by atoms with Crippen LogP contribution >= 0.6 is 0 Å². The topological polar surface area (TPSA) is 69.1 Å². The van der Waals surface area contributed by atoms with E-state index in [0.717, 1.165) is 38.1 Å². The lowest BCUT2D eigenvalue weighted by atomic mass is 9.75. The summed E-state index contributed by atoms with van der Waals surface area (Å²) < 4.78 is 36.5. The van der Waals surface area contributed by atoms with Crippen LogP contribution in [0.4, 0.5) is 8.78 Å². The molecule has 0 N–H and O–H groups in total. The monoisotopic (exact) mass is 459 g/mol. The molecular weight excluding hydrogens is 428 g/mol. The molecule has 2 fully saturated rings. The van der Waals surface area contributed by atoms with E-state index >= 15 is 0 Å². The number of nitrogens with zero attached hydrogens (tertiary/aromatic N) is 5. The van der Waals surface area contributed by atoms with Gasteiger partial charge in [-0.1, -0.05) is 19.0 Å². The summed E-state index contributed by atoms with van der Waals surface area (Å²) in [5, 5.41) is 3.76. The Morgan fingerprint density at radius 3 is 2.27 bits per heavy atom. The summed E-state index contributed by atoms with van der Waals surface area (Å²) in [6.07, 6.45) is 6.51. The first-order chi connectivity index (χ1) is 15.7. The summed E-state index contributed by atoms with van der Waals surface area (Å²) in [6.45, 7) is 8.20. The molecule has 1 saturated heterocycles. The van der Waals surface area contributed by atoms with Crippen LogP contribution in [0.3, 0.4) is 0 Å². The fraction of sp³-hybridized carbons (Fsp3) is 0.625. The van der Waals surface area contributed by atoms with Gasteiger partial charge in [0, 0.05) is 37.3 Å². The number of piperidine rings is 1. The number of aromatic nitrogens is 4. The normalized spacial score (nSPS) is 20.6. The number of hydrogen-bond acceptors (Lipinski definition) is 5. The van der Waals surface area contributed by atoms with E-state index in [4.69, 9.17) is 4.52 Å². The van der Waals surface area contributed by atoms with E-state index in [0.29, 0.717) is 28.3 Å². The van der Waals surface area contributed by atoms with Gasteiger partial charge in [-0.05, 0) is 50.9 Å². The predicted molar refractivity (Wildman–Crippen MR) is 120 cm³/mol. The minimum Gasteiger partial charge on any atom is -0.337 e. The maximum Gasteiger partial charge on any atom is 0.329 e. The molecule has 3 aromatic rings. The third-order valence-electron chi connectivity index (χ3n) is 7.56. The Bertz CT molecular complexity index is 1210. The lowest BCUT2D eigenvalue weighted by Crippen LogP contribution is -2.45. The summed E-state index contributed by atoms with van der Waals surface area (Å²) in [6, 6.07) is 2.76. The standard InChI is InChI=1S/C24H31F2N5O2/c1-15-27-22(33-28-15)14-30-20-12-18(25)19(26)13-21(20)31(23(30)32)17-6-10-29(11-7-17)16-4-8-24(2,3)9-5-16/h12-13,16-17H,4-11,14H2,1-3H3. The SMILES string of the molecule is Cc1noc(Cn2c(=O)n(C3CCN(C4CCC(C)(C)CC4)CC3)c3cc(F)c(F)cc32)n1. The van der Waals surface area contributed by atoms with Gasteiger partial charge in [0.05, 0.1) is 11.0 Å². The second-order valence-corrected chi connectivity index (χ2v) is 10.4. The van der Waals surface area contributed by atoms with Crippen LogP contribution < -0.4 is 5.69 Å². The van der Waals surface area contributed by atoms with E-state index in [1.807, 2.05) is 0 Å². The summed E-state index contributed by atoms with van der Waals surface area (Å²) in [7, 11) is 0. The van der Waals surface area contributed by atoms with Crippen LogP contribution in [0.5, 0.6) is 0 Å². The molecule has 9 heteroatoms. The van der Waals surface area contributed by atoms with Crippen molar-refractivity contribution in [3.63, 3.8) is 0 Å². The van der Waals surface area contributed by atoms with Crippen LogP contribution in [0.2, 0.25) is 0 Å². The average Bonchev–Trinajstić information content (AvgIpc) is 3.30. The second-order valence-electron chi connectivity index (χ2n) is 10.4. The van der Waals surface area contributed by atoms with E-state index in [2.05, 4.69) is 28.9 Å². The molecule has 178 valence electrons. The van der Waals surface area contributed by atoms with Crippen molar-refractivity contribution in [3.8, 4) is 0 Å². The molecule has 3 heterocycles. The molecule has 1 aliphatic heterocycles. The van der Waals surface area contributed by atoms with Gasteiger partial charge >= 0.3 is 5.69 Å². The largest absolute Gasteiger partial charge is 0.337 e. The predicted octanol–water partition coefficient (Wildman–Crippen LogP) is 4.43. The van der Waals surface area contributed by atoms with Gasteiger partial charge in [0.2, 0.25) is 5.89 Å². The molecule has 1 aliphatic carbocycles. The zero-order chi connectivity index (χ0) is 23.3. The van der Waals surface area contributed by atoms with Crippen molar-refractivity contribution >= 4 is 11.0 Å². The fourth-order valence-corrected chi connectivity index (χ4v) is 5.57. The molecule has 7 nitrogen and oxygen atoms in total. The molecule has 0 spiro atoms. The molecular formula is C24H31F2N5O2. The van der Waals surface area contributed by atoms with Crippen LogP contribution in [-0.4, -0.2) is 43.3 Å². The van der Waals surface area contributed by atoms with Crippen molar-refractivity contribution in [2.45, 2.75) is 77.9 Å². The molecule has 1 saturated carbocycles. The van der Waals surface area contributed by atoms with Crippen LogP contribution in [0.15, 0.2) is 21.5 Å². The highest BCUT2D eigenvalue weighted by Gasteiger charge is 2.33. The number of aryl methyl sites for hydroxylation is 1. The first-order valence-electron chi connectivity index (χ1n) is 11.8. The van der Waals surface area contributed by atoms with Crippen LogP contribution in [-0.2, 0) is 6.54 Å². The average molecular weight is 460 g/mol. The Labute approximate surface area is 191 Å². The number of hydrogen-bond donors (Lipinski definition) is 0. The van der Waals surface area contributed by atoms with E-state index in [-0.39, 0.29) is 24.2 Å². The third-order valence-corrected chi connectivity index (χ3v) is 7.56. The quantitative estimate of drug-likeness (QED) is 0.578. The van der Waals surface area contributed by atoms with Gasteiger partial charge in [-0.15, -0.1) is 0 Å². The molecule has 0 radical (unpaired) electrons. The van der Waals surface area contributed by atoms with Crippen molar-refractivity contribution in [3.05, 3.63) is 46.0 Å². The lowest BCUT2D eigenvalue weighted by Gasteiger charge is -2.43. The molecule has 33 heavy (non-hydrogen) atoms. The molecule has 0 bridgehead atoms. The first-order valence-corrected chi connectivity index (χ1v) is 11.8. The van der Waals surface area contributed by atoms with Gasteiger partial charge in [-0.3, -0.25) is 9.13 Å². The molecule has 0 atom stereocenters. The summed E-state index contributed by atoms with van der Waals surface area (Å²) in [5.74, 6) is -1.22. The Kier molecular flexibility index (Phi) is 5.63. The molecule has 0 unspecified atom stereocenters. The van der Waals surface area contributed by atoms with Gasteiger partial charge in [0.15, 0.2) is 17.5 Å². The summed E-state index contributed by atoms with van der Waals surface area (Å²) in [5.41, 5.74) is 0.878. The zero-order valence-corrected chi connectivity index (χ0v) is 19.5. The number of benzene rings is 1. The summed E-state index contributed by atoms with van der Waals surface area (Å²) in [4.78, 5) is 20.2. The Hall–Kier alpha value is -2.55. The van der Waals surface area contributed by atoms with Crippen molar-refractivity contribution in [2.75, 3.05) is 13.1 Å². The van der Waals surface area contributed by atoms with Crippen molar-refractivity contribution in [1.29, 1.82) is 0 Å². The highest BCUT2D eigenvalue weighted by molar-refractivity contribution is 5.76. The van der Waals surface area contributed by atoms with E-state index in [1.54, 1.807) is 11.5 Å². The zero-order valence-electron chi connectivity index (χ0n) is 19.5. The van der Waals surface area contributed by atoms with Crippen LogP contribution in [0.1, 0.15) is 70.1 Å². The second kappa shape index (κ2) is 8.34. The lowest BCUT2D eigenvalue weighted by molar-refractivity contribution is 0.0774. The van der Waals surface area contributed by atoms with Crippen LogP contribution in [0.25, 0.3) is 11.0 Å². The smallest absolute Gasteiger partial charge is 0.329 e. The number of likely N-dealkylation sites (tertiary alicyclic amines) is 1. The Morgan fingerprint density at radius 2 is 1.67 bits per heavy atom. The van der Waals surface area contributed by atoms with Gasteiger partial charge in [0.25, 0.3) is 0 Å². The van der Waals surface area contributed by atoms with Gasteiger partial charge in [-0.25, -0.2) is 13.6 Å². The molecule has 0 amide bonds. The third kappa shape index (κ3) is 4.23. The van der Waals surface area contributed by atoms with Gasteiger partial charge in [-0.2, -0.15) is 4.98 Å². The maximum absolute atomic E-state index is 14.2. The van der Waals surface area contributed by atoms with Crippen molar-refractivity contribution in [2.24, 2.45) is 5.41 Å². The Morgan fingerprint density at radius 1 is 1.03 bits per heavy atom. The minimum atomic E-state index is -0.981. The molecule has 5 rings (SSSR count). The highest BCUT2D eigenvalue weighted by atomic mass is 19.2. The van der Waals surface area contributed by atoms with E-state index in [9.17, 15) is 13.6 Å². The summed E-state index contributed by atoms with van der Waals surface area (Å²) >= 11 is 0. The fourth-order valence-electron chi connectivity index (χ4n) is 5.57. The molecule has 2 aromatic heterocycles. The number of fused-ring (bicyclic) bond motifs is 1. The minimum absolute atomic E-state index is 0.0188. The maximum atomic E-state index is 14.2. The molecule has 2 aliphatic rings. The number of halogens is 2. The van der Waals surface area contributed by atoms with Gasteiger partial charge < -0.3 is 9.42 Å². The highest BCUT2D eigenvalue weighted by Crippen LogP contribution is 2.38. The van der Waals surface area contributed by atoms with E-state index < -0.39 is 11.6 Å². The Balaban J connectivity index is 1.42. The molecule has 1 aromatic carbocycles. The van der Waals surface area contributed by atoms with Crippen molar-refractivity contribution < 1.29 is 13.3 Å². The first kappa shape index (κ1) is 22.3.